The summed E-state index contributed by atoms with van der Waals surface area (Å²) >= 11 is 5.96. The molecule has 1 atom stereocenters. The molecule has 7 nitrogen and oxygen atoms in total. The fourth-order valence-electron chi connectivity index (χ4n) is 3.59. The van der Waals surface area contributed by atoms with E-state index in [0.29, 0.717) is 23.0 Å². The normalized spacial score (nSPS) is 17.4. The number of methoxy groups -OCH3 is 1. The topological polar surface area (TPSA) is 89.7 Å². The molecule has 0 aliphatic carbocycles. The fourth-order valence-corrected chi connectivity index (χ4v) is 5.45. The maximum absolute atomic E-state index is 13.3. The number of benzene rings is 2. The first kappa shape index (κ1) is 21.4. The Bertz CT molecular complexity index is 1170. The van der Waals surface area contributed by atoms with Gasteiger partial charge in [-0.1, -0.05) is 28.9 Å². The maximum atomic E-state index is 13.3. The molecule has 1 amide bonds. The van der Waals surface area contributed by atoms with Crippen molar-refractivity contribution >= 4 is 27.3 Å². The fraction of sp³-hybridized carbons (Fsp3) is 0.273. The van der Waals surface area contributed by atoms with E-state index in [9.17, 15) is 13.2 Å². The lowest BCUT2D eigenvalue weighted by Gasteiger charge is -2.27. The molecule has 2 heterocycles. The molecule has 2 aromatic carbocycles. The predicted molar refractivity (Wildman–Crippen MR) is 117 cm³/mol. The predicted octanol–water partition coefficient (Wildman–Crippen LogP) is 3.83. The second-order valence-corrected chi connectivity index (χ2v) is 10.1. The Labute approximate surface area is 185 Å². The van der Waals surface area contributed by atoms with Crippen LogP contribution in [-0.4, -0.2) is 49.0 Å². The molecule has 1 aliphatic heterocycles. The highest BCUT2D eigenvalue weighted by molar-refractivity contribution is 7.91. The zero-order valence-corrected chi connectivity index (χ0v) is 18.4. The Hall–Kier alpha value is -2.84. The van der Waals surface area contributed by atoms with E-state index in [1.807, 2.05) is 24.3 Å². The van der Waals surface area contributed by atoms with Gasteiger partial charge in [0.2, 0.25) is 0 Å². The number of sulfone groups is 1. The van der Waals surface area contributed by atoms with Crippen LogP contribution in [0.5, 0.6) is 5.75 Å². The second-order valence-electron chi connectivity index (χ2n) is 7.42. The van der Waals surface area contributed by atoms with Crippen LogP contribution in [0.3, 0.4) is 0 Å². The standard InChI is InChI=1S/C22H21ClN2O5S/c1-29-19-8-4-16(5-9-19)21-12-20(24-30-21)22(26)25(18-10-11-31(27,28)14-18)13-15-2-6-17(23)7-3-15/h2-9,12,18H,10-11,13-14H2,1H3. The van der Waals surface area contributed by atoms with Crippen LogP contribution in [0.4, 0.5) is 0 Å². The summed E-state index contributed by atoms with van der Waals surface area (Å²) in [5.41, 5.74) is 1.73. The minimum Gasteiger partial charge on any atom is -0.497 e. The molecule has 9 heteroatoms. The maximum Gasteiger partial charge on any atom is 0.276 e. The molecule has 1 saturated heterocycles. The first-order valence-corrected chi connectivity index (χ1v) is 11.9. The summed E-state index contributed by atoms with van der Waals surface area (Å²) in [5.74, 6) is 0.779. The van der Waals surface area contributed by atoms with Crippen molar-refractivity contribution in [2.45, 2.75) is 19.0 Å². The first-order valence-electron chi connectivity index (χ1n) is 9.71. The van der Waals surface area contributed by atoms with Gasteiger partial charge in [0.25, 0.3) is 5.91 Å². The van der Waals surface area contributed by atoms with Gasteiger partial charge in [-0.15, -0.1) is 0 Å². The number of aromatic nitrogens is 1. The van der Waals surface area contributed by atoms with Crippen molar-refractivity contribution in [3.63, 3.8) is 0 Å². The molecule has 0 bridgehead atoms. The van der Waals surface area contributed by atoms with E-state index in [1.54, 1.807) is 42.3 Å². The number of carbonyl (C=O) groups is 1. The summed E-state index contributed by atoms with van der Waals surface area (Å²) in [4.78, 5) is 14.9. The molecule has 1 aliphatic rings. The van der Waals surface area contributed by atoms with E-state index >= 15 is 0 Å². The van der Waals surface area contributed by atoms with Gasteiger partial charge in [0.05, 0.1) is 18.6 Å². The van der Waals surface area contributed by atoms with Crippen molar-refractivity contribution in [1.82, 2.24) is 10.1 Å². The van der Waals surface area contributed by atoms with Gasteiger partial charge in [-0.2, -0.15) is 0 Å². The summed E-state index contributed by atoms with van der Waals surface area (Å²) in [6.45, 7) is 0.251. The largest absolute Gasteiger partial charge is 0.497 e. The zero-order chi connectivity index (χ0) is 22.0. The van der Waals surface area contributed by atoms with Crippen LogP contribution < -0.4 is 4.74 Å². The molecule has 31 heavy (non-hydrogen) atoms. The van der Waals surface area contributed by atoms with Crippen molar-refractivity contribution in [3.8, 4) is 17.1 Å². The number of carbonyl (C=O) groups excluding carboxylic acids is 1. The molecule has 0 spiro atoms. The lowest BCUT2D eigenvalue weighted by atomic mass is 10.1. The number of hydrogen-bond acceptors (Lipinski definition) is 6. The van der Waals surface area contributed by atoms with Gasteiger partial charge >= 0.3 is 0 Å². The number of hydrogen-bond donors (Lipinski definition) is 0. The van der Waals surface area contributed by atoms with E-state index in [2.05, 4.69) is 5.16 Å². The summed E-state index contributed by atoms with van der Waals surface area (Å²) < 4.78 is 34.6. The number of rotatable bonds is 6. The van der Waals surface area contributed by atoms with E-state index in [4.69, 9.17) is 20.9 Å². The van der Waals surface area contributed by atoms with Crippen molar-refractivity contribution < 1.29 is 22.5 Å². The van der Waals surface area contributed by atoms with Crippen molar-refractivity contribution in [1.29, 1.82) is 0 Å². The molecule has 3 aromatic rings. The van der Waals surface area contributed by atoms with Crippen LogP contribution in [0.25, 0.3) is 11.3 Å². The minimum absolute atomic E-state index is 0.0600. The van der Waals surface area contributed by atoms with Crippen molar-refractivity contribution in [2.75, 3.05) is 18.6 Å². The Balaban J connectivity index is 1.60. The molecule has 4 rings (SSSR count). The highest BCUT2D eigenvalue weighted by Crippen LogP contribution is 2.26. The highest BCUT2D eigenvalue weighted by Gasteiger charge is 2.36. The molecule has 1 aromatic heterocycles. The van der Waals surface area contributed by atoms with E-state index in [1.165, 1.54) is 0 Å². The van der Waals surface area contributed by atoms with Gasteiger partial charge in [-0.05, 0) is 48.4 Å². The third-order valence-corrected chi connectivity index (χ3v) is 7.28. The number of nitrogens with zero attached hydrogens (tertiary/aromatic N) is 2. The molecular weight excluding hydrogens is 440 g/mol. The SMILES string of the molecule is COc1ccc(-c2cc(C(=O)N(Cc3ccc(Cl)cc3)C3CCS(=O)(=O)C3)no2)cc1. The average molecular weight is 461 g/mol. The van der Waals surface area contributed by atoms with Gasteiger partial charge in [0, 0.05) is 29.2 Å². The Kier molecular flexibility index (Phi) is 6.02. The van der Waals surface area contributed by atoms with Gasteiger partial charge in [0.15, 0.2) is 21.3 Å². The lowest BCUT2D eigenvalue weighted by molar-refractivity contribution is 0.0670. The Morgan fingerprint density at radius 2 is 1.90 bits per heavy atom. The third kappa shape index (κ3) is 4.91. The quantitative estimate of drug-likeness (QED) is 0.555. The van der Waals surface area contributed by atoms with Gasteiger partial charge in [0.1, 0.15) is 5.75 Å². The van der Waals surface area contributed by atoms with Crippen molar-refractivity contribution in [3.05, 3.63) is 70.9 Å². The molecular formula is C22H21ClN2O5S. The molecule has 1 unspecified atom stereocenters. The summed E-state index contributed by atoms with van der Waals surface area (Å²) in [5, 5.41) is 4.54. The van der Waals surface area contributed by atoms with Crippen LogP contribution in [-0.2, 0) is 16.4 Å². The van der Waals surface area contributed by atoms with Crippen LogP contribution >= 0.6 is 11.6 Å². The summed E-state index contributed by atoms with van der Waals surface area (Å²) in [6.07, 6.45) is 0.394. The van der Waals surface area contributed by atoms with Gasteiger partial charge in [-0.3, -0.25) is 4.79 Å². The first-order chi connectivity index (χ1) is 14.8. The third-order valence-electron chi connectivity index (χ3n) is 5.28. The number of ether oxygens (including phenoxy) is 1. The zero-order valence-electron chi connectivity index (χ0n) is 16.8. The van der Waals surface area contributed by atoms with Crippen LogP contribution in [0.1, 0.15) is 22.5 Å². The summed E-state index contributed by atoms with van der Waals surface area (Å²) in [6, 6.07) is 15.5. The molecule has 1 fully saturated rings. The smallest absolute Gasteiger partial charge is 0.276 e. The summed E-state index contributed by atoms with van der Waals surface area (Å²) in [7, 11) is -1.59. The van der Waals surface area contributed by atoms with Gasteiger partial charge in [-0.25, -0.2) is 8.42 Å². The van der Waals surface area contributed by atoms with Gasteiger partial charge < -0.3 is 14.2 Å². The number of amides is 1. The average Bonchev–Trinajstić information content (AvgIpc) is 3.39. The lowest BCUT2D eigenvalue weighted by Crippen LogP contribution is -2.40. The monoisotopic (exact) mass is 460 g/mol. The Morgan fingerprint density at radius 3 is 2.52 bits per heavy atom. The van der Waals surface area contributed by atoms with E-state index < -0.39 is 15.9 Å². The van der Waals surface area contributed by atoms with Crippen LogP contribution in [0.15, 0.2) is 59.1 Å². The van der Waals surface area contributed by atoms with Crippen LogP contribution in [0, 0.1) is 0 Å². The minimum atomic E-state index is -3.17. The number of halogens is 1. The van der Waals surface area contributed by atoms with E-state index in [0.717, 1.165) is 11.1 Å². The second kappa shape index (κ2) is 8.72. The highest BCUT2D eigenvalue weighted by atomic mass is 35.5. The van der Waals surface area contributed by atoms with E-state index in [-0.39, 0.29) is 29.7 Å². The molecule has 0 radical (unpaired) electrons. The van der Waals surface area contributed by atoms with Crippen molar-refractivity contribution in [2.24, 2.45) is 0 Å². The Morgan fingerprint density at radius 1 is 1.19 bits per heavy atom. The molecule has 162 valence electrons. The molecule has 0 N–H and O–H groups in total. The molecule has 0 saturated carbocycles. The van der Waals surface area contributed by atoms with Crippen LogP contribution in [0.2, 0.25) is 5.02 Å².